The Bertz CT molecular complexity index is 1350. The number of benzene rings is 3. The standard InChI is InChI=1S/C24H19N/c1-24(2)21-14-17(16-7-4-3-5-8-16)10-11-19(21)20-13-18-9-6-12-25-23(18)15-22(20)24/h3-15H,1-2H3/i3D,4D,5D,7D,8D. The molecule has 0 spiro atoms. The molecule has 1 heterocycles. The molecule has 0 aliphatic heterocycles. The van der Waals surface area contributed by atoms with Crippen molar-refractivity contribution in [2.45, 2.75) is 19.3 Å². The molecule has 0 saturated heterocycles. The molecule has 0 atom stereocenters. The summed E-state index contributed by atoms with van der Waals surface area (Å²) < 4.78 is 40.4. The third kappa shape index (κ3) is 2.05. The van der Waals surface area contributed by atoms with Gasteiger partial charge in [0.05, 0.1) is 12.4 Å². The summed E-state index contributed by atoms with van der Waals surface area (Å²) in [7, 11) is 0. The van der Waals surface area contributed by atoms with Crippen LogP contribution in [0.5, 0.6) is 0 Å². The fourth-order valence-electron chi connectivity index (χ4n) is 3.85. The molecule has 25 heavy (non-hydrogen) atoms. The van der Waals surface area contributed by atoms with Crippen LogP contribution >= 0.6 is 0 Å². The van der Waals surface area contributed by atoms with Gasteiger partial charge in [-0.05, 0) is 57.6 Å². The summed E-state index contributed by atoms with van der Waals surface area (Å²) >= 11 is 0. The monoisotopic (exact) mass is 326 g/mol. The van der Waals surface area contributed by atoms with Crippen molar-refractivity contribution in [1.29, 1.82) is 0 Å². The Kier molecular flexibility index (Phi) is 2.04. The van der Waals surface area contributed by atoms with Gasteiger partial charge < -0.3 is 0 Å². The number of hydrogen-bond donors (Lipinski definition) is 0. The maximum Gasteiger partial charge on any atom is 0.0705 e. The van der Waals surface area contributed by atoms with Crippen molar-refractivity contribution in [3.63, 3.8) is 0 Å². The summed E-state index contributed by atoms with van der Waals surface area (Å²) in [6, 6.07) is 12.7. The molecular weight excluding hydrogens is 302 g/mol. The molecule has 3 aromatic carbocycles. The summed E-state index contributed by atoms with van der Waals surface area (Å²) in [6.45, 7) is 4.30. The third-order valence-electron chi connectivity index (χ3n) is 5.19. The second-order valence-corrected chi connectivity index (χ2v) is 6.98. The molecule has 1 aliphatic rings. The number of hydrogen-bond acceptors (Lipinski definition) is 1. The summed E-state index contributed by atoms with van der Waals surface area (Å²) in [4.78, 5) is 4.49. The van der Waals surface area contributed by atoms with Crippen LogP contribution in [-0.4, -0.2) is 4.98 Å². The molecular formula is C24H19N. The van der Waals surface area contributed by atoms with E-state index in [0.717, 1.165) is 27.6 Å². The number of nitrogens with zero attached hydrogens (tertiary/aromatic N) is 1. The predicted octanol–water partition coefficient (Wildman–Crippen LogP) is 6.21. The topological polar surface area (TPSA) is 12.9 Å². The quantitative estimate of drug-likeness (QED) is 0.405. The second kappa shape index (κ2) is 5.03. The number of rotatable bonds is 1. The van der Waals surface area contributed by atoms with E-state index in [4.69, 9.17) is 6.85 Å². The highest BCUT2D eigenvalue weighted by Crippen LogP contribution is 2.50. The van der Waals surface area contributed by atoms with Gasteiger partial charge >= 0.3 is 0 Å². The van der Waals surface area contributed by atoms with Gasteiger partial charge in [-0.15, -0.1) is 0 Å². The van der Waals surface area contributed by atoms with E-state index in [9.17, 15) is 0 Å². The first-order valence-corrected chi connectivity index (χ1v) is 8.33. The lowest BCUT2D eigenvalue weighted by molar-refractivity contribution is 0.661. The van der Waals surface area contributed by atoms with Gasteiger partial charge in [0.2, 0.25) is 0 Å². The van der Waals surface area contributed by atoms with Gasteiger partial charge in [0, 0.05) is 17.0 Å². The van der Waals surface area contributed by atoms with Gasteiger partial charge in [-0.1, -0.05) is 62.3 Å². The van der Waals surface area contributed by atoms with Crippen LogP contribution in [0.1, 0.15) is 31.8 Å². The second-order valence-electron chi connectivity index (χ2n) is 6.98. The summed E-state index contributed by atoms with van der Waals surface area (Å²) in [6.07, 6.45) is 1.79. The maximum absolute atomic E-state index is 8.31. The Morgan fingerprint density at radius 3 is 2.48 bits per heavy atom. The maximum atomic E-state index is 8.31. The van der Waals surface area contributed by atoms with Crippen LogP contribution in [0, 0.1) is 0 Å². The largest absolute Gasteiger partial charge is 0.256 e. The fourth-order valence-corrected chi connectivity index (χ4v) is 3.85. The van der Waals surface area contributed by atoms with E-state index in [0.29, 0.717) is 5.56 Å². The highest BCUT2D eigenvalue weighted by atomic mass is 14.6. The third-order valence-corrected chi connectivity index (χ3v) is 5.19. The van der Waals surface area contributed by atoms with Crippen LogP contribution in [-0.2, 0) is 5.41 Å². The zero-order valence-electron chi connectivity index (χ0n) is 19.1. The van der Waals surface area contributed by atoms with Crippen molar-refractivity contribution in [1.82, 2.24) is 4.98 Å². The zero-order valence-corrected chi connectivity index (χ0v) is 14.1. The Morgan fingerprint density at radius 1 is 0.840 bits per heavy atom. The summed E-state index contributed by atoms with van der Waals surface area (Å²) in [5.41, 5.74) is 6.05. The molecule has 0 bridgehead atoms. The van der Waals surface area contributed by atoms with Crippen molar-refractivity contribution >= 4 is 10.9 Å². The molecule has 0 fully saturated rings. The molecule has 5 rings (SSSR count). The molecule has 0 unspecified atom stereocenters. The molecule has 1 aliphatic carbocycles. The minimum atomic E-state index is -0.373. The van der Waals surface area contributed by atoms with E-state index < -0.39 is 0 Å². The molecule has 0 saturated carbocycles. The van der Waals surface area contributed by atoms with Gasteiger partial charge in [0.1, 0.15) is 0 Å². The highest BCUT2D eigenvalue weighted by molar-refractivity contribution is 5.92. The van der Waals surface area contributed by atoms with E-state index >= 15 is 0 Å². The Morgan fingerprint density at radius 2 is 1.64 bits per heavy atom. The van der Waals surface area contributed by atoms with E-state index in [2.05, 4.69) is 37.0 Å². The lowest BCUT2D eigenvalue weighted by atomic mass is 9.81. The van der Waals surface area contributed by atoms with Crippen molar-refractivity contribution in [2.75, 3.05) is 0 Å². The predicted molar refractivity (Wildman–Crippen MR) is 105 cm³/mol. The number of fused-ring (bicyclic) bond motifs is 4. The van der Waals surface area contributed by atoms with E-state index in [1.165, 1.54) is 5.56 Å². The fraction of sp³-hybridized carbons (Fsp3) is 0.125. The van der Waals surface area contributed by atoms with Crippen LogP contribution in [0.3, 0.4) is 0 Å². The van der Waals surface area contributed by atoms with Crippen LogP contribution in [0.15, 0.2) is 78.9 Å². The van der Waals surface area contributed by atoms with Crippen molar-refractivity contribution in [3.8, 4) is 22.3 Å². The van der Waals surface area contributed by atoms with Crippen molar-refractivity contribution < 1.29 is 6.85 Å². The minimum absolute atomic E-state index is 0.177. The first kappa shape index (κ1) is 10.1. The normalized spacial score (nSPS) is 17.1. The van der Waals surface area contributed by atoms with Crippen molar-refractivity contribution in [2.24, 2.45) is 0 Å². The molecule has 120 valence electrons. The molecule has 1 nitrogen and oxygen atoms in total. The SMILES string of the molecule is [2H]c1c([2H])c([2H])c(-c2ccc3c(c2)C(C)(C)c2cc4ncccc4cc2-3)c([2H])c1[2H]. The molecule has 0 amide bonds. The number of aromatic nitrogens is 1. The minimum Gasteiger partial charge on any atom is -0.256 e. The Hall–Kier alpha value is -2.93. The van der Waals surface area contributed by atoms with E-state index in [1.54, 1.807) is 6.20 Å². The van der Waals surface area contributed by atoms with E-state index in [-0.39, 0.29) is 41.2 Å². The summed E-state index contributed by atoms with van der Waals surface area (Å²) in [5.74, 6) is 0. The molecule has 0 radical (unpaired) electrons. The van der Waals surface area contributed by atoms with Gasteiger partial charge in [-0.2, -0.15) is 0 Å². The van der Waals surface area contributed by atoms with Gasteiger partial charge in [-0.25, -0.2) is 0 Å². The van der Waals surface area contributed by atoms with Gasteiger partial charge in [-0.3, -0.25) is 4.98 Å². The number of pyridine rings is 1. The molecule has 1 heteroatoms. The van der Waals surface area contributed by atoms with Crippen LogP contribution in [0.4, 0.5) is 0 Å². The van der Waals surface area contributed by atoms with Crippen molar-refractivity contribution in [3.05, 3.63) is 90.0 Å². The molecule has 0 N–H and O–H groups in total. The van der Waals surface area contributed by atoms with Crippen LogP contribution in [0.2, 0.25) is 0 Å². The average molecular weight is 326 g/mol. The van der Waals surface area contributed by atoms with Gasteiger partial charge in [0.15, 0.2) is 0 Å². The average Bonchev–Trinajstić information content (AvgIpc) is 2.96. The zero-order chi connectivity index (χ0) is 21.4. The van der Waals surface area contributed by atoms with E-state index in [1.807, 2.05) is 24.3 Å². The highest BCUT2D eigenvalue weighted by Gasteiger charge is 2.35. The first-order chi connectivity index (χ1) is 14.2. The Balaban J connectivity index is 1.77. The lowest BCUT2D eigenvalue weighted by Gasteiger charge is -2.22. The van der Waals surface area contributed by atoms with Gasteiger partial charge in [0.25, 0.3) is 0 Å². The summed E-state index contributed by atoms with van der Waals surface area (Å²) in [5, 5.41) is 1.08. The molecule has 4 aromatic rings. The Labute approximate surface area is 155 Å². The lowest BCUT2D eigenvalue weighted by Crippen LogP contribution is -2.15. The van der Waals surface area contributed by atoms with Crippen LogP contribution in [0.25, 0.3) is 33.2 Å². The van der Waals surface area contributed by atoms with Crippen LogP contribution < -0.4 is 0 Å². The smallest absolute Gasteiger partial charge is 0.0705 e. The first-order valence-electron chi connectivity index (χ1n) is 10.8. The molecule has 1 aromatic heterocycles.